The van der Waals surface area contributed by atoms with Crippen LogP contribution in [-0.2, 0) is 0 Å². The van der Waals surface area contributed by atoms with Gasteiger partial charge in [0.05, 0.1) is 0 Å². The molecular weight excluding hydrogens is 649 g/mol. The van der Waals surface area contributed by atoms with Crippen LogP contribution in [0.5, 0.6) is 0 Å². The lowest BCUT2D eigenvalue weighted by atomic mass is 9.84. The van der Waals surface area contributed by atoms with Gasteiger partial charge >= 0.3 is 0 Å². The highest BCUT2D eigenvalue weighted by molar-refractivity contribution is 6.23. The first-order chi connectivity index (χ1) is 26.8. The highest BCUT2D eigenvalue weighted by Crippen LogP contribution is 2.46. The SMILES string of the molecule is c1ccc2cc(-c3c4ccccc4c(-c4ccc(-c5cc6ccccc6c6ccccc56)cc4)c4ccc(-c5cccc6ccccc56)cc34)ccc2c1. The van der Waals surface area contributed by atoms with Gasteiger partial charge in [0.2, 0.25) is 0 Å². The van der Waals surface area contributed by atoms with Crippen LogP contribution in [0.1, 0.15) is 0 Å². The fourth-order valence-corrected chi connectivity index (χ4v) is 8.90. The van der Waals surface area contributed by atoms with Gasteiger partial charge in [-0.25, -0.2) is 0 Å². The van der Waals surface area contributed by atoms with Crippen LogP contribution in [0.3, 0.4) is 0 Å². The maximum atomic E-state index is 2.44. The molecule has 250 valence electrons. The average Bonchev–Trinajstić information content (AvgIpc) is 3.25. The Morgan fingerprint density at radius 2 is 0.704 bits per heavy atom. The molecule has 0 atom stereocenters. The molecule has 0 unspecified atom stereocenters. The molecule has 0 aliphatic rings. The van der Waals surface area contributed by atoms with Crippen molar-refractivity contribution in [2.24, 2.45) is 0 Å². The zero-order valence-electron chi connectivity index (χ0n) is 29.6. The van der Waals surface area contributed by atoms with Crippen LogP contribution in [0.2, 0.25) is 0 Å². The monoisotopic (exact) mass is 682 g/mol. The van der Waals surface area contributed by atoms with E-state index in [4.69, 9.17) is 0 Å². The molecule has 0 bridgehead atoms. The Hall–Kier alpha value is -7.02. The number of hydrogen-bond donors (Lipinski definition) is 0. The first-order valence-corrected chi connectivity index (χ1v) is 18.8. The van der Waals surface area contributed by atoms with E-state index < -0.39 is 0 Å². The van der Waals surface area contributed by atoms with Crippen molar-refractivity contribution in [2.45, 2.75) is 0 Å². The van der Waals surface area contributed by atoms with Gasteiger partial charge in [0.1, 0.15) is 0 Å². The smallest absolute Gasteiger partial charge is 0.00259 e. The summed E-state index contributed by atoms with van der Waals surface area (Å²) in [6.45, 7) is 0. The minimum Gasteiger partial charge on any atom is -0.0616 e. The molecule has 0 aromatic heterocycles. The molecule has 11 aromatic carbocycles. The quantitative estimate of drug-likeness (QED) is 0.128. The Labute approximate surface area is 314 Å². The van der Waals surface area contributed by atoms with Gasteiger partial charge in [-0.05, 0) is 127 Å². The third kappa shape index (κ3) is 4.85. The Morgan fingerprint density at radius 3 is 1.48 bits per heavy atom. The maximum Gasteiger partial charge on any atom is -0.00259 e. The lowest BCUT2D eigenvalue weighted by molar-refractivity contribution is 1.64. The highest BCUT2D eigenvalue weighted by atomic mass is 14.2. The molecule has 11 aromatic rings. The van der Waals surface area contributed by atoms with E-state index in [1.54, 1.807) is 0 Å². The summed E-state index contributed by atoms with van der Waals surface area (Å²) in [5.41, 5.74) is 9.95. The van der Waals surface area contributed by atoms with E-state index >= 15 is 0 Å². The van der Waals surface area contributed by atoms with Gasteiger partial charge in [-0.3, -0.25) is 0 Å². The van der Waals surface area contributed by atoms with Crippen molar-refractivity contribution >= 4 is 64.6 Å². The van der Waals surface area contributed by atoms with E-state index in [2.05, 4.69) is 206 Å². The van der Waals surface area contributed by atoms with Crippen molar-refractivity contribution in [3.8, 4) is 44.5 Å². The van der Waals surface area contributed by atoms with E-state index in [1.165, 1.54) is 109 Å². The van der Waals surface area contributed by atoms with Crippen molar-refractivity contribution in [2.75, 3.05) is 0 Å². The summed E-state index contributed by atoms with van der Waals surface area (Å²) < 4.78 is 0. The molecule has 54 heavy (non-hydrogen) atoms. The molecule has 0 aliphatic carbocycles. The number of hydrogen-bond acceptors (Lipinski definition) is 0. The first kappa shape index (κ1) is 30.6. The van der Waals surface area contributed by atoms with Crippen molar-refractivity contribution in [3.05, 3.63) is 206 Å². The minimum atomic E-state index is 1.22. The molecule has 0 nitrogen and oxygen atoms in total. The summed E-state index contributed by atoms with van der Waals surface area (Å²) >= 11 is 0. The molecule has 0 spiro atoms. The third-order valence-corrected chi connectivity index (χ3v) is 11.4. The number of benzene rings is 11. The summed E-state index contributed by atoms with van der Waals surface area (Å²) in [5.74, 6) is 0. The van der Waals surface area contributed by atoms with Crippen molar-refractivity contribution in [1.82, 2.24) is 0 Å². The van der Waals surface area contributed by atoms with Gasteiger partial charge in [0.15, 0.2) is 0 Å². The molecule has 0 fully saturated rings. The van der Waals surface area contributed by atoms with Gasteiger partial charge in [-0.1, -0.05) is 188 Å². The third-order valence-electron chi connectivity index (χ3n) is 11.4. The minimum absolute atomic E-state index is 1.22. The first-order valence-electron chi connectivity index (χ1n) is 18.8. The largest absolute Gasteiger partial charge is 0.0616 e. The van der Waals surface area contributed by atoms with Crippen molar-refractivity contribution in [1.29, 1.82) is 0 Å². The summed E-state index contributed by atoms with van der Waals surface area (Å²) in [6.07, 6.45) is 0. The van der Waals surface area contributed by atoms with E-state index in [-0.39, 0.29) is 0 Å². The van der Waals surface area contributed by atoms with Crippen molar-refractivity contribution < 1.29 is 0 Å². The number of rotatable bonds is 4. The Morgan fingerprint density at radius 1 is 0.185 bits per heavy atom. The standard InChI is InChI=1S/C54H34/c1-2-14-39-32-42(29-24-35(39)12-1)54-49-22-10-9-21-48(49)53(50-31-30-41(34-52(50)54)44-23-11-16-36-13-3-5-17-43(36)44)38-27-25-37(26-28-38)51-33-40-15-4-6-18-45(40)46-19-7-8-20-47(46)51/h1-34H. The van der Waals surface area contributed by atoms with Crippen LogP contribution in [0.25, 0.3) is 109 Å². The van der Waals surface area contributed by atoms with Gasteiger partial charge < -0.3 is 0 Å². The second kappa shape index (κ2) is 12.3. The fraction of sp³-hybridized carbons (Fsp3) is 0. The van der Waals surface area contributed by atoms with E-state index in [1.807, 2.05) is 0 Å². The summed E-state index contributed by atoms with van der Waals surface area (Å²) in [7, 11) is 0. The highest BCUT2D eigenvalue weighted by Gasteiger charge is 2.19. The lowest BCUT2D eigenvalue weighted by Gasteiger charge is -2.19. The Kier molecular flexibility index (Phi) is 6.97. The van der Waals surface area contributed by atoms with Crippen molar-refractivity contribution in [3.63, 3.8) is 0 Å². The summed E-state index contributed by atoms with van der Waals surface area (Å²) in [5, 5.41) is 15.2. The van der Waals surface area contributed by atoms with Crippen LogP contribution in [0, 0.1) is 0 Å². The lowest BCUT2D eigenvalue weighted by Crippen LogP contribution is -1.92. The van der Waals surface area contributed by atoms with E-state index in [9.17, 15) is 0 Å². The Balaban J connectivity index is 1.17. The molecular formula is C54H34. The summed E-state index contributed by atoms with van der Waals surface area (Å²) in [4.78, 5) is 0. The van der Waals surface area contributed by atoms with Crippen LogP contribution in [-0.4, -0.2) is 0 Å². The van der Waals surface area contributed by atoms with Crippen LogP contribution in [0.15, 0.2) is 206 Å². The van der Waals surface area contributed by atoms with Crippen LogP contribution >= 0.6 is 0 Å². The average molecular weight is 683 g/mol. The second-order valence-corrected chi connectivity index (χ2v) is 14.4. The van der Waals surface area contributed by atoms with Crippen LogP contribution in [0.4, 0.5) is 0 Å². The molecule has 0 radical (unpaired) electrons. The topological polar surface area (TPSA) is 0 Å². The van der Waals surface area contributed by atoms with Gasteiger partial charge in [-0.15, -0.1) is 0 Å². The maximum absolute atomic E-state index is 2.44. The molecule has 11 rings (SSSR count). The predicted octanol–water partition coefficient (Wildman–Crippen LogP) is 15.3. The normalized spacial score (nSPS) is 11.7. The zero-order valence-corrected chi connectivity index (χ0v) is 29.6. The van der Waals surface area contributed by atoms with E-state index in [0.717, 1.165) is 0 Å². The predicted molar refractivity (Wildman–Crippen MR) is 233 cm³/mol. The van der Waals surface area contributed by atoms with E-state index in [0.29, 0.717) is 0 Å². The molecule has 0 saturated carbocycles. The van der Waals surface area contributed by atoms with Gasteiger partial charge in [0.25, 0.3) is 0 Å². The molecule has 0 saturated heterocycles. The van der Waals surface area contributed by atoms with Gasteiger partial charge in [0, 0.05) is 0 Å². The second-order valence-electron chi connectivity index (χ2n) is 14.4. The molecule has 0 aliphatic heterocycles. The van der Waals surface area contributed by atoms with Crippen LogP contribution < -0.4 is 0 Å². The molecule has 0 N–H and O–H groups in total. The van der Waals surface area contributed by atoms with Gasteiger partial charge in [-0.2, -0.15) is 0 Å². The molecule has 0 amide bonds. The fourth-order valence-electron chi connectivity index (χ4n) is 8.90. The molecule has 0 heterocycles. The Bertz CT molecular complexity index is 3250. The number of fused-ring (bicyclic) bond motifs is 7. The summed E-state index contributed by atoms with van der Waals surface area (Å²) in [6, 6.07) is 76.2. The molecule has 0 heteroatoms. The zero-order chi connectivity index (χ0) is 35.6.